The molecule has 6 rings (SSSR count). The van der Waals surface area contributed by atoms with Crippen LogP contribution in [0, 0.1) is 0 Å². The number of hydrogen-bond acceptors (Lipinski definition) is 20. The van der Waals surface area contributed by atoms with Crippen molar-refractivity contribution in [3.63, 3.8) is 0 Å². The molecular weight excluding hydrogens is 776 g/mol. The fourth-order valence-electron chi connectivity index (χ4n) is 6.19. The highest BCUT2D eigenvalue weighted by molar-refractivity contribution is 5.89. The second-order valence-corrected chi connectivity index (χ2v) is 13.1. The van der Waals surface area contributed by atoms with Crippen molar-refractivity contribution in [1.29, 1.82) is 0 Å². The summed E-state index contributed by atoms with van der Waals surface area (Å²) in [6.45, 7) is -1.43. The molecule has 3 aromatic carbocycles. The summed E-state index contributed by atoms with van der Waals surface area (Å²) < 4.78 is 43.8. The van der Waals surface area contributed by atoms with Crippen molar-refractivity contribution in [2.75, 3.05) is 27.4 Å². The minimum Gasteiger partial charge on any atom is -0.508 e. The van der Waals surface area contributed by atoms with Gasteiger partial charge in [-0.25, -0.2) is 4.79 Å². The lowest BCUT2D eigenvalue weighted by Crippen LogP contribution is -2.60. The van der Waals surface area contributed by atoms with E-state index in [0.29, 0.717) is 5.56 Å². The molecule has 10 atom stereocenters. The summed E-state index contributed by atoms with van der Waals surface area (Å²) in [5.41, 5.74) is -0.847. The first kappa shape index (κ1) is 41.9. The first-order valence-corrected chi connectivity index (χ1v) is 17.4. The van der Waals surface area contributed by atoms with Crippen LogP contribution in [0.25, 0.3) is 28.4 Å². The fraction of sp³-hybridized carbons (Fsp3) is 0.368. The molecule has 0 amide bonds. The van der Waals surface area contributed by atoms with Crippen LogP contribution in [0.3, 0.4) is 0 Å². The number of carbonyl (C=O) groups is 1. The van der Waals surface area contributed by atoms with E-state index in [1.807, 2.05) is 0 Å². The zero-order valence-corrected chi connectivity index (χ0v) is 30.5. The number of carbonyl (C=O) groups excluding carboxylic acids is 1. The van der Waals surface area contributed by atoms with Gasteiger partial charge in [0.2, 0.25) is 29.5 Å². The maximum absolute atomic E-state index is 14.0. The molecule has 0 bridgehead atoms. The van der Waals surface area contributed by atoms with Crippen LogP contribution in [-0.2, 0) is 19.0 Å². The van der Waals surface area contributed by atoms with Crippen LogP contribution in [0.1, 0.15) is 5.56 Å². The molecule has 0 spiro atoms. The quantitative estimate of drug-likeness (QED) is 0.0619. The van der Waals surface area contributed by atoms with Gasteiger partial charge in [0.05, 0.1) is 20.8 Å². The third-order valence-corrected chi connectivity index (χ3v) is 9.34. The number of phenolic OH excluding ortho intramolecular Hbond substituents is 3. The molecule has 2 fully saturated rings. The molecule has 4 aromatic rings. The van der Waals surface area contributed by atoms with Crippen LogP contribution < -0.4 is 24.4 Å². The third-order valence-electron chi connectivity index (χ3n) is 9.34. The van der Waals surface area contributed by atoms with Crippen molar-refractivity contribution < 1.29 is 93.4 Å². The zero-order valence-electron chi connectivity index (χ0n) is 30.5. The summed E-state index contributed by atoms with van der Waals surface area (Å²) in [5, 5.41) is 103. The van der Waals surface area contributed by atoms with Crippen molar-refractivity contribution >= 4 is 23.0 Å². The van der Waals surface area contributed by atoms with E-state index in [1.54, 1.807) is 0 Å². The maximum Gasteiger partial charge on any atom is 0.330 e. The number of fused-ring (bicyclic) bond motifs is 1. The SMILES string of the molecule is COc1cc(/C=C/C(=O)OC[C@H]2O[C@@H](Oc3cc(O)c4c(=O)c(O[C@@H]5O[C@H](CO)[C@@H](O)[C@H](O)[C@H]5O)c(-c5ccc(O)cc5)oc4c3)[C@H](O)[C@@H](O)[C@@H]2O)cc(OC)c1O. The Morgan fingerprint density at radius 1 is 0.759 bits per heavy atom. The number of hydrogen-bond donors (Lipinski definition) is 10. The van der Waals surface area contributed by atoms with Crippen LogP contribution in [0.4, 0.5) is 0 Å². The Morgan fingerprint density at radius 2 is 1.34 bits per heavy atom. The highest BCUT2D eigenvalue weighted by Gasteiger charge is 2.47. The van der Waals surface area contributed by atoms with Gasteiger partial charge in [-0.15, -0.1) is 0 Å². The van der Waals surface area contributed by atoms with Gasteiger partial charge in [-0.3, -0.25) is 4.79 Å². The van der Waals surface area contributed by atoms with Crippen LogP contribution in [0.2, 0.25) is 0 Å². The second kappa shape index (κ2) is 17.4. The monoisotopic (exact) mass is 816 g/mol. The number of methoxy groups -OCH3 is 2. The molecule has 0 saturated carbocycles. The Bertz CT molecular complexity index is 2160. The first-order valence-electron chi connectivity index (χ1n) is 17.4. The number of aliphatic hydroxyl groups is 7. The fourth-order valence-corrected chi connectivity index (χ4v) is 6.19. The van der Waals surface area contributed by atoms with Gasteiger partial charge in [-0.2, -0.15) is 0 Å². The van der Waals surface area contributed by atoms with Gasteiger partial charge >= 0.3 is 5.97 Å². The topological polar surface area (TPSA) is 314 Å². The predicted molar refractivity (Wildman–Crippen MR) is 194 cm³/mol. The Labute approximate surface area is 327 Å². The lowest BCUT2D eigenvalue weighted by molar-refractivity contribution is -0.278. The molecule has 2 aliphatic rings. The number of esters is 1. The van der Waals surface area contributed by atoms with Gasteiger partial charge in [-0.1, -0.05) is 0 Å². The normalized spacial score (nSPS) is 27.3. The molecule has 20 nitrogen and oxygen atoms in total. The Hall–Kier alpha value is -5.68. The number of aromatic hydroxyl groups is 3. The number of aliphatic hydroxyl groups excluding tert-OH is 7. The van der Waals surface area contributed by atoms with E-state index in [4.69, 9.17) is 37.6 Å². The summed E-state index contributed by atoms with van der Waals surface area (Å²) in [4.78, 5) is 26.5. The van der Waals surface area contributed by atoms with Crippen molar-refractivity contribution in [3.05, 3.63) is 70.4 Å². The summed E-state index contributed by atoms with van der Waals surface area (Å²) in [7, 11) is 2.65. The zero-order chi connectivity index (χ0) is 42.0. The van der Waals surface area contributed by atoms with Crippen molar-refractivity contribution in [2.24, 2.45) is 0 Å². The summed E-state index contributed by atoms with van der Waals surface area (Å²) in [5.74, 6) is -3.19. The molecule has 0 radical (unpaired) electrons. The van der Waals surface area contributed by atoms with Gasteiger partial charge in [-0.05, 0) is 48.0 Å². The van der Waals surface area contributed by atoms with Crippen molar-refractivity contribution in [3.8, 4) is 51.6 Å². The highest BCUT2D eigenvalue weighted by atomic mass is 16.7. The van der Waals surface area contributed by atoms with E-state index in [9.17, 15) is 60.7 Å². The van der Waals surface area contributed by atoms with Gasteiger partial charge < -0.3 is 88.6 Å². The largest absolute Gasteiger partial charge is 0.508 e. The Morgan fingerprint density at radius 3 is 1.95 bits per heavy atom. The highest BCUT2D eigenvalue weighted by Crippen LogP contribution is 2.39. The average molecular weight is 817 g/mol. The summed E-state index contributed by atoms with van der Waals surface area (Å²) in [6, 6.07) is 10.1. The molecule has 312 valence electrons. The molecule has 1 aromatic heterocycles. The standard InChI is InChI=1S/C38H40O20/c1-51-21-9-15(10-22(52-2)27(21)43)3-8-25(42)53-14-24-29(45)32(48)33(49)37(57-24)54-18-11-19(41)26-20(12-18)55-35(16-4-6-17(40)7-5-16)36(30(26)46)58-38-34(50)31(47)28(44)23(13-39)56-38/h3-12,23-24,28-29,31-34,37-41,43-45,47-50H,13-14H2,1-2H3/b8-3+/t23-,24-,28-,29-,31+,32+,33-,34-,37-,38+/m1/s1. The van der Waals surface area contributed by atoms with E-state index < -0.39 is 103 Å². The average Bonchev–Trinajstić information content (AvgIpc) is 3.21. The Balaban J connectivity index is 1.24. The molecule has 0 unspecified atom stereocenters. The summed E-state index contributed by atoms with van der Waals surface area (Å²) in [6.07, 6.45) is -15.2. The minimum atomic E-state index is -1.93. The van der Waals surface area contributed by atoms with Crippen molar-refractivity contribution in [1.82, 2.24) is 0 Å². The summed E-state index contributed by atoms with van der Waals surface area (Å²) >= 11 is 0. The number of phenols is 3. The van der Waals surface area contributed by atoms with Gasteiger partial charge in [0.1, 0.15) is 83.7 Å². The van der Waals surface area contributed by atoms with E-state index in [1.165, 1.54) is 56.7 Å². The minimum absolute atomic E-state index is 0.0786. The molecule has 58 heavy (non-hydrogen) atoms. The van der Waals surface area contributed by atoms with Gasteiger partial charge in [0.15, 0.2) is 17.3 Å². The molecule has 20 heteroatoms. The van der Waals surface area contributed by atoms with Gasteiger partial charge in [0.25, 0.3) is 0 Å². The van der Waals surface area contributed by atoms with Crippen LogP contribution in [-0.4, -0.2) is 146 Å². The predicted octanol–water partition coefficient (Wildman–Crippen LogP) is -0.784. The molecule has 2 saturated heterocycles. The lowest BCUT2D eigenvalue weighted by atomic mass is 9.99. The van der Waals surface area contributed by atoms with Crippen LogP contribution in [0.15, 0.2) is 63.8 Å². The lowest BCUT2D eigenvalue weighted by Gasteiger charge is -2.39. The number of rotatable bonds is 12. The van der Waals surface area contributed by atoms with E-state index in [-0.39, 0.29) is 45.7 Å². The molecule has 2 aliphatic heterocycles. The Kier molecular flexibility index (Phi) is 12.6. The molecule has 3 heterocycles. The maximum atomic E-state index is 14.0. The second-order valence-electron chi connectivity index (χ2n) is 13.1. The van der Waals surface area contributed by atoms with Crippen LogP contribution >= 0.6 is 0 Å². The van der Waals surface area contributed by atoms with Crippen molar-refractivity contribution in [2.45, 2.75) is 61.4 Å². The van der Waals surface area contributed by atoms with Crippen LogP contribution in [0.5, 0.6) is 40.2 Å². The number of ether oxygens (including phenoxy) is 7. The molecule has 10 N–H and O–H groups in total. The first-order chi connectivity index (χ1) is 27.6. The van der Waals surface area contributed by atoms with E-state index >= 15 is 0 Å². The number of benzene rings is 3. The third kappa shape index (κ3) is 8.45. The smallest absolute Gasteiger partial charge is 0.330 e. The molecular formula is C38H40O20. The molecule has 0 aliphatic carbocycles. The van der Waals surface area contributed by atoms with E-state index in [2.05, 4.69) is 0 Å². The van der Waals surface area contributed by atoms with Gasteiger partial charge in [0, 0.05) is 23.8 Å². The van der Waals surface area contributed by atoms with E-state index in [0.717, 1.165) is 18.2 Å².